The van der Waals surface area contributed by atoms with Crippen molar-refractivity contribution in [3.05, 3.63) is 126 Å². The van der Waals surface area contributed by atoms with Gasteiger partial charge in [-0.2, -0.15) is 0 Å². The first-order valence-corrected chi connectivity index (χ1v) is 13.3. The third-order valence-corrected chi connectivity index (χ3v) is 8.40. The summed E-state index contributed by atoms with van der Waals surface area (Å²) in [5, 5.41) is 2.52. The van der Waals surface area contributed by atoms with Crippen LogP contribution in [-0.2, 0) is 6.54 Å². The molecule has 5 rings (SSSR count). The summed E-state index contributed by atoms with van der Waals surface area (Å²) in [5.41, 5.74) is 6.87. The summed E-state index contributed by atoms with van der Waals surface area (Å²) < 4.78 is 3.97. The van der Waals surface area contributed by atoms with Gasteiger partial charge in [0.15, 0.2) is 0 Å². The molecule has 0 saturated carbocycles. The second-order valence-corrected chi connectivity index (χ2v) is 10.3. The molecule has 0 aliphatic heterocycles. The fraction of sp³-hybridized carbons (Fsp3) is 0.133. The number of aryl methyl sites for hydroxylation is 1. The van der Waals surface area contributed by atoms with E-state index in [9.17, 15) is 0 Å². The van der Waals surface area contributed by atoms with E-state index in [1.165, 1.54) is 37.7 Å². The Morgan fingerprint density at radius 1 is 0.688 bits per heavy atom. The van der Waals surface area contributed by atoms with Crippen LogP contribution in [0.4, 0.5) is 0 Å². The molecule has 32 heavy (non-hydrogen) atoms. The molecule has 1 heterocycles. The van der Waals surface area contributed by atoms with Gasteiger partial charge in [0.1, 0.15) is 0 Å². The predicted octanol–water partition coefficient (Wildman–Crippen LogP) is 6.91. The van der Waals surface area contributed by atoms with Gasteiger partial charge in [0.05, 0.1) is 0 Å². The Hall–Kier alpha value is -3.06. The Bertz CT molecular complexity index is 1290. The zero-order chi connectivity index (χ0) is 21.8. The van der Waals surface area contributed by atoms with Gasteiger partial charge in [-0.15, -0.1) is 0 Å². The third kappa shape index (κ3) is 4.05. The molecule has 1 nitrogen and oxygen atoms in total. The van der Waals surface area contributed by atoms with Gasteiger partial charge in [-0.25, -0.2) is 0 Å². The number of benzene rings is 4. The molecule has 0 radical (unpaired) electrons. The Morgan fingerprint density at radius 2 is 1.28 bits per heavy atom. The van der Waals surface area contributed by atoms with Crippen molar-refractivity contribution in [1.82, 2.24) is 4.57 Å². The van der Waals surface area contributed by atoms with Crippen LogP contribution in [0.5, 0.6) is 0 Å². The van der Waals surface area contributed by atoms with Crippen LogP contribution in [0.2, 0.25) is 5.32 Å². The van der Waals surface area contributed by atoms with Gasteiger partial charge in [0.25, 0.3) is 0 Å². The number of hydrogen-bond donors (Lipinski definition) is 0. The summed E-state index contributed by atoms with van der Waals surface area (Å²) in [6.07, 6.45) is 0. The summed E-state index contributed by atoms with van der Waals surface area (Å²) in [5.74, 6) is 0.351. The van der Waals surface area contributed by atoms with Gasteiger partial charge in [-0.05, 0) is 0 Å². The standard InChI is InChI=1S/C30H27NSe/c1-2-31-28-21-13-12-20-26(28)29(30(31)24-16-8-4-9-17-24)27(23-14-6-3-7-15-23)22-32-25-18-10-5-11-19-25/h3-21,27H,2,22H2,1H3. The van der Waals surface area contributed by atoms with E-state index < -0.39 is 0 Å². The first kappa shape index (κ1) is 20.8. The molecule has 0 N–H and O–H groups in total. The molecule has 0 amide bonds. The summed E-state index contributed by atoms with van der Waals surface area (Å²) in [6, 6.07) is 41.9. The molecular formula is C30H27NSe. The molecule has 2 heteroatoms. The van der Waals surface area contributed by atoms with E-state index in [1.807, 2.05) is 0 Å². The van der Waals surface area contributed by atoms with Gasteiger partial charge >= 0.3 is 197 Å². The van der Waals surface area contributed by atoms with E-state index >= 15 is 0 Å². The molecule has 0 saturated heterocycles. The molecule has 0 bridgehead atoms. The molecule has 1 aromatic heterocycles. The summed E-state index contributed by atoms with van der Waals surface area (Å²) in [7, 11) is 0. The van der Waals surface area contributed by atoms with Gasteiger partial charge < -0.3 is 0 Å². The van der Waals surface area contributed by atoms with E-state index in [4.69, 9.17) is 0 Å². The number of para-hydroxylation sites is 1. The van der Waals surface area contributed by atoms with Crippen molar-refractivity contribution in [1.29, 1.82) is 0 Å². The summed E-state index contributed by atoms with van der Waals surface area (Å²) >= 11 is 0.394. The van der Waals surface area contributed by atoms with Crippen molar-refractivity contribution in [2.75, 3.05) is 0 Å². The van der Waals surface area contributed by atoms with Crippen LogP contribution in [0, 0.1) is 0 Å². The molecule has 0 aliphatic carbocycles. The van der Waals surface area contributed by atoms with Crippen molar-refractivity contribution in [2.45, 2.75) is 24.7 Å². The average Bonchev–Trinajstić information content (AvgIpc) is 3.20. The van der Waals surface area contributed by atoms with Crippen LogP contribution >= 0.6 is 0 Å². The topological polar surface area (TPSA) is 4.93 Å². The van der Waals surface area contributed by atoms with Crippen molar-refractivity contribution < 1.29 is 0 Å². The van der Waals surface area contributed by atoms with E-state index in [0.717, 1.165) is 11.9 Å². The third-order valence-electron chi connectivity index (χ3n) is 6.08. The van der Waals surface area contributed by atoms with Crippen molar-refractivity contribution in [3.63, 3.8) is 0 Å². The zero-order valence-corrected chi connectivity index (χ0v) is 20.0. The number of fused-ring (bicyclic) bond motifs is 1. The minimum absolute atomic E-state index is 0.351. The van der Waals surface area contributed by atoms with Crippen LogP contribution < -0.4 is 4.46 Å². The van der Waals surface area contributed by atoms with Crippen LogP contribution in [0.15, 0.2) is 115 Å². The molecule has 5 aromatic rings. The van der Waals surface area contributed by atoms with Crippen molar-refractivity contribution in [3.8, 4) is 11.3 Å². The first-order valence-electron chi connectivity index (χ1n) is 11.3. The maximum atomic E-state index is 2.51. The van der Waals surface area contributed by atoms with Crippen LogP contribution in [0.25, 0.3) is 22.2 Å². The molecule has 4 aromatic carbocycles. The van der Waals surface area contributed by atoms with E-state index in [0.29, 0.717) is 20.9 Å². The Labute approximate surface area is 196 Å². The molecule has 0 fully saturated rings. The normalized spacial score (nSPS) is 12.2. The Kier molecular flexibility index (Phi) is 6.25. The second kappa shape index (κ2) is 9.61. The van der Waals surface area contributed by atoms with Gasteiger partial charge in [-0.1, -0.05) is 0 Å². The van der Waals surface area contributed by atoms with E-state index in [2.05, 4.69) is 127 Å². The molecule has 0 spiro atoms. The fourth-order valence-corrected chi connectivity index (χ4v) is 6.89. The average molecular weight is 481 g/mol. The quantitative estimate of drug-likeness (QED) is 0.223. The molecular weight excluding hydrogens is 453 g/mol. The van der Waals surface area contributed by atoms with Crippen LogP contribution in [-0.4, -0.2) is 19.5 Å². The van der Waals surface area contributed by atoms with Crippen molar-refractivity contribution in [2.24, 2.45) is 0 Å². The zero-order valence-electron chi connectivity index (χ0n) is 18.3. The minimum atomic E-state index is 0.351. The van der Waals surface area contributed by atoms with E-state index in [1.54, 1.807) is 0 Å². The SMILES string of the molecule is CCn1c(-c2ccccc2)c(C(C[Se]c2ccccc2)c2ccccc2)c2ccccc21. The van der Waals surface area contributed by atoms with Gasteiger partial charge in [0, 0.05) is 0 Å². The van der Waals surface area contributed by atoms with Gasteiger partial charge in [-0.3, -0.25) is 0 Å². The van der Waals surface area contributed by atoms with E-state index in [-0.39, 0.29) is 0 Å². The number of hydrogen-bond acceptors (Lipinski definition) is 0. The first-order chi connectivity index (χ1) is 15.9. The van der Waals surface area contributed by atoms with Crippen LogP contribution in [0.1, 0.15) is 24.0 Å². The van der Waals surface area contributed by atoms with Gasteiger partial charge in [0.2, 0.25) is 0 Å². The monoisotopic (exact) mass is 481 g/mol. The van der Waals surface area contributed by atoms with Crippen molar-refractivity contribution >= 4 is 30.3 Å². The Morgan fingerprint density at radius 3 is 1.97 bits per heavy atom. The second-order valence-electron chi connectivity index (χ2n) is 7.98. The maximum absolute atomic E-state index is 2.51. The summed E-state index contributed by atoms with van der Waals surface area (Å²) in [6.45, 7) is 3.21. The number of aromatic nitrogens is 1. The van der Waals surface area contributed by atoms with Crippen LogP contribution in [0.3, 0.4) is 0 Å². The molecule has 0 aliphatic rings. The summed E-state index contributed by atoms with van der Waals surface area (Å²) in [4.78, 5) is 0. The Balaban J connectivity index is 1.73. The molecule has 1 atom stereocenters. The molecule has 158 valence electrons. The fourth-order valence-electron chi connectivity index (χ4n) is 4.65. The number of nitrogens with zero attached hydrogens (tertiary/aromatic N) is 1. The predicted molar refractivity (Wildman–Crippen MR) is 138 cm³/mol. The number of rotatable bonds is 7. The molecule has 1 unspecified atom stereocenters.